The van der Waals surface area contributed by atoms with Gasteiger partial charge in [-0.1, -0.05) is 12.1 Å². The highest BCUT2D eigenvalue weighted by Crippen LogP contribution is 2.19. The number of aryl methyl sites for hydroxylation is 1. The lowest BCUT2D eigenvalue weighted by Gasteiger charge is -2.16. The summed E-state index contributed by atoms with van der Waals surface area (Å²) in [6, 6.07) is 6.05. The molecule has 0 aliphatic carbocycles. The predicted octanol–water partition coefficient (Wildman–Crippen LogP) is 2.12. The molecule has 0 aliphatic rings. The zero-order valence-electron chi connectivity index (χ0n) is 9.70. The Balaban J connectivity index is 2.77. The van der Waals surface area contributed by atoms with Crippen molar-refractivity contribution >= 4 is 11.7 Å². The van der Waals surface area contributed by atoms with Crippen molar-refractivity contribution in [3.05, 3.63) is 29.3 Å². The van der Waals surface area contributed by atoms with Crippen LogP contribution in [0.25, 0.3) is 0 Å². The number of esters is 1. The first kappa shape index (κ1) is 11.6. The zero-order chi connectivity index (χ0) is 11.4. The summed E-state index contributed by atoms with van der Waals surface area (Å²) in [5.41, 5.74) is 3.39. The average Bonchev–Trinajstić information content (AvgIpc) is 2.14. The van der Waals surface area contributed by atoms with E-state index < -0.39 is 0 Å². The van der Waals surface area contributed by atoms with Crippen LogP contribution in [0.3, 0.4) is 0 Å². The van der Waals surface area contributed by atoms with Crippen LogP contribution in [-0.2, 0) is 16.1 Å². The van der Waals surface area contributed by atoms with Crippen LogP contribution in [-0.4, -0.2) is 20.1 Å². The number of rotatable bonds is 3. The summed E-state index contributed by atoms with van der Waals surface area (Å²) >= 11 is 0. The van der Waals surface area contributed by atoms with Crippen LogP contribution in [0.15, 0.2) is 18.2 Å². The molecule has 0 aromatic heterocycles. The molecule has 1 rings (SSSR count). The molecule has 0 fully saturated rings. The van der Waals surface area contributed by atoms with Crippen molar-refractivity contribution in [3.8, 4) is 0 Å². The molecule has 0 atom stereocenters. The lowest BCUT2D eigenvalue weighted by molar-refractivity contribution is -0.142. The van der Waals surface area contributed by atoms with Crippen molar-refractivity contribution in [3.63, 3.8) is 0 Å². The Morgan fingerprint density at radius 1 is 1.40 bits per heavy atom. The Labute approximate surface area is 90.7 Å². The minimum atomic E-state index is -0.246. The molecule has 0 heterocycles. The Morgan fingerprint density at radius 2 is 2.07 bits per heavy atom. The van der Waals surface area contributed by atoms with Gasteiger partial charge in [0.2, 0.25) is 0 Å². The van der Waals surface area contributed by atoms with E-state index in [1.807, 2.05) is 39.2 Å². The van der Waals surface area contributed by atoms with Crippen molar-refractivity contribution < 1.29 is 9.53 Å². The van der Waals surface area contributed by atoms with Gasteiger partial charge in [0.25, 0.3) is 0 Å². The monoisotopic (exact) mass is 207 g/mol. The molecule has 3 heteroatoms. The van der Waals surface area contributed by atoms with E-state index in [1.54, 1.807) is 0 Å². The van der Waals surface area contributed by atoms with Crippen molar-refractivity contribution in [2.45, 2.75) is 20.5 Å². The Hall–Kier alpha value is -1.51. The molecular weight excluding hydrogens is 190 g/mol. The Kier molecular flexibility index (Phi) is 3.72. The van der Waals surface area contributed by atoms with Gasteiger partial charge in [-0.25, -0.2) is 0 Å². The van der Waals surface area contributed by atoms with Crippen LogP contribution in [0.4, 0.5) is 5.69 Å². The van der Waals surface area contributed by atoms with Gasteiger partial charge in [0, 0.05) is 26.7 Å². The number of carbonyl (C=O) groups excluding carboxylic acids is 1. The lowest BCUT2D eigenvalue weighted by atomic mass is 10.1. The summed E-state index contributed by atoms with van der Waals surface area (Å²) in [6.07, 6.45) is 0. The fraction of sp³-hybridized carbons (Fsp3) is 0.417. The van der Waals surface area contributed by atoms with Crippen molar-refractivity contribution in [1.82, 2.24) is 0 Å². The van der Waals surface area contributed by atoms with Gasteiger partial charge in [-0.05, 0) is 24.1 Å². The molecule has 82 valence electrons. The van der Waals surface area contributed by atoms with E-state index in [0.29, 0.717) is 6.61 Å². The number of anilines is 1. The second kappa shape index (κ2) is 4.82. The van der Waals surface area contributed by atoms with Crippen LogP contribution < -0.4 is 4.90 Å². The van der Waals surface area contributed by atoms with Crippen molar-refractivity contribution in [1.29, 1.82) is 0 Å². The maximum absolute atomic E-state index is 10.6. The van der Waals surface area contributed by atoms with Crippen LogP contribution >= 0.6 is 0 Å². The third-order valence-electron chi connectivity index (χ3n) is 2.19. The molecule has 0 radical (unpaired) electrons. The summed E-state index contributed by atoms with van der Waals surface area (Å²) in [5, 5.41) is 0. The van der Waals surface area contributed by atoms with Gasteiger partial charge >= 0.3 is 5.97 Å². The molecule has 1 aromatic rings. The van der Waals surface area contributed by atoms with E-state index in [9.17, 15) is 4.79 Å². The normalized spacial score (nSPS) is 9.87. The van der Waals surface area contributed by atoms with Gasteiger partial charge in [-0.2, -0.15) is 0 Å². The molecule has 0 N–H and O–H groups in total. The minimum Gasteiger partial charge on any atom is -0.461 e. The molecule has 0 unspecified atom stereocenters. The van der Waals surface area contributed by atoms with E-state index in [4.69, 9.17) is 4.74 Å². The Morgan fingerprint density at radius 3 is 2.53 bits per heavy atom. The standard InChI is InChI=1S/C12H17NO2/c1-9-7-11(8-15-10(2)14)5-6-12(9)13(3)4/h5-7H,8H2,1-4H3. The van der Waals surface area contributed by atoms with Crippen LogP contribution in [0.5, 0.6) is 0 Å². The van der Waals surface area contributed by atoms with Gasteiger partial charge in [-0.3, -0.25) is 4.79 Å². The van der Waals surface area contributed by atoms with Gasteiger partial charge in [0.05, 0.1) is 0 Å². The summed E-state index contributed by atoms with van der Waals surface area (Å²) in [5.74, 6) is -0.246. The van der Waals surface area contributed by atoms with Gasteiger partial charge in [0.15, 0.2) is 0 Å². The summed E-state index contributed by atoms with van der Waals surface area (Å²) in [4.78, 5) is 12.7. The van der Waals surface area contributed by atoms with E-state index in [-0.39, 0.29) is 5.97 Å². The van der Waals surface area contributed by atoms with Gasteiger partial charge < -0.3 is 9.64 Å². The SMILES string of the molecule is CC(=O)OCc1ccc(N(C)C)c(C)c1. The smallest absolute Gasteiger partial charge is 0.302 e. The van der Waals surface area contributed by atoms with Crippen LogP contribution in [0.1, 0.15) is 18.1 Å². The topological polar surface area (TPSA) is 29.5 Å². The van der Waals surface area contributed by atoms with Crippen molar-refractivity contribution in [2.75, 3.05) is 19.0 Å². The molecule has 0 saturated carbocycles. The molecule has 0 bridgehead atoms. The maximum Gasteiger partial charge on any atom is 0.302 e. The number of hydrogen-bond donors (Lipinski definition) is 0. The van der Waals surface area contributed by atoms with E-state index >= 15 is 0 Å². The average molecular weight is 207 g/mol. The Bertz CT molecular complexity index is 359. The number of benzene rings is 1. The third-order valence-corrected chi connectivity index (χ3v) is 2.19. The highest BCUT2D eigenvalue weighted by molar-refractivity contribution is 5.66. The van der Waals surface area contributed by atoms with Gasteiger partial charge in [0.1, 0.15) is 6.61 Å². The lowest BCUT2D eigenvalue weighted by Crippen LogP contribution is -2.10. The molecule has 0 saturated heterocycles. The second-order valence-electron chi connectivity index (χ2n) is 3.80. The van der Waals surface area contributed by atoms with Crippen LogP contribution in [0.2, 0.25) is 0 Å². The molecule has 15 heavy (non-hydrogen) atoms. The molecule has 0 spiro atoms. The summed E-state index contributed by atoms with van der Waals surface area (Å²) < 4.78 is 4.93. The first-order valence-electron chi connectivity index (χ1n) is 4.91. The molecule has 0 aliphatic heterocycles. The van der Waals surface area contributed by atoms with E-state index in [0.717, 1.165) is 5.56 Å². The molecule has 0 amide bonds. The zero-order valence-corrected chi connectivity index (χ0v) is 9.70. The first-order valence-corrected chi connectivity index (χ1v) is 4.91. The first-order chi connectivity index (χ1) is 7.00. The largest absolute Gasteiger partial charge is 0.461 e. The molecule has 3 nitrogen and oxygen atoms in total. The minimum absolute atomic E-state index is 0.246. The highest BCUT2D eigenvalue weighted by atomic mass is 16.5. The molecule has 1 aromatic carbocycles. The number of hydrogen-bond acceptors (Lipinski definition) is 3. The summed E-state index contributed by atoms with van der Waals surface area (Å²) in [6.45, 7) is 3.82. The summed E-state index contributed by atoms with van der Waals surface area (Å²) in [7, 11) is 4.02. The molecular formula is C12H17NO2. The fourth-order valence-corrected chi connectivity index (χ4v) is 1.49. The maximum atomic E-state index is 10.6. The van der Waals surface area contributed by atoms with E-state index in [1.165, 1.54) is 18.2 Å². The number of nitrogens with zero attached hydrogens (tertiary/aromatic N) is 1. The third kappa shape index (κ3) is 3.27. The van der Waals surface area contributed by atoms with Crippen molar-refractivity contribution in [2.24, 2.45) is 0 Å². The highest BCUT2D eigenvalue weighted by Gasteiger charge is 2.02. The number of ether oxygens (including phenoxy) is 1. The fourth-order valence-electron chi connectivity index (χ4n) is 1.49. The van der Waals surface area contributed by atoms with Gasteiger partial charge in [-0.15, -0.1) is 0 Å². The van der Waals surface area contributed by atoms with E-state index in [2.05, 4.69) is 4.90 Å². The number of carbonyl (C=O) groups is 1. The quantitative estimate of drug-likeness (QED) is 0.711. The predicted molar refractivity (Wildman–Crippen MR) is 61.0 cm³/mol. The second-order valence-corrected chi connectivity index (χ2v) is 3.80. The van der Waals surface area contributed by atoms with Crippen LogP contribution in [0, 0.1) is 6.92 Å².